The van der Waals surface area contributed by atoms with Crippen LogP contribution in [0.25, 0.3) is 0 Å². The van der Waals surface area contributed by atoms with Gasteiger partial charge in [-0.3, -0.25) is 4.79 Å². The summed E-state index contributed by atoms with van der Waals surface area (Å²) < 4.78 is 6.07. The Morgan fingerprint density at radius 1 is 1.17 bits per heavy atom. The van der Waals surface area contributed by atoms with E-state index >= 15 is 0 Å². The van der Waals surface area contributed by atoms with Crippen molar-refractivity contribution in [3.05, 3.63) is 62.2 Å². The molecular formula is C14H10ClIO2. The third-order valence-corrected chi connectivity index (χ3v) is 3.70. The smallest absolute Gasteiger partial charge is 0.197 e. The Labute approximate surface area is 124 Å². The van der Waals surface area contributed by atoms with Crippen molar-refractivity contribution in [2.45, 2.75) is 0 Å². The van der Waals surface area contributed by atoms with E-state index in [4.69, 9.17) is 16.3 Å². The van der Waals surface area contributed by atoms with E-state index in [0.717, 1.165) is 3.57 Å². The number of para-hydroxylation sites is 1. The minimum atomic E-state index is -0.0839. The van der Waals surface area contributed by atoms with Gasteiger partial charge in [-0.15, -0.1) is 0 Å². The highest BCUT2D eigenvalue weighted by atomic mass is 127. The van der Waals surface area contributed by atoms with E-state index in [0.29, 0.717) is 21.9 Å². The Balaban J connectivity index is 2.51. The number of methoxy groups -OCH3 is 1. The number of carbonyl (C=O) groups excluding carboxylic acids is 1. The van der Waals surface area contributed by atoms with Crippen LogP contribution in [0.15, 0.2) is 42.5 Å². The molecule has 92 valence electrons. The lowest BCUT2D eigenvalue weighted by Gasteiger charge is -2.08. The number of ketones is 1. The SMILES string of the molecule is COc1ccccc1C(=O)c1cc(Cl)ccc1I. The van der Waals surface area contributed by atoms with Crippen LogP contribution in [0.2, 0.25) is 5.02 Å². The first-order valence-corrected chi connectivity index (χ1v) is 6.72. The average molecular weight is 373 g/mol. The Kier molecular flexibility index (Phi) is 4.24. The standard InChI is InChI=1S/C14H10ClIO2/c1-18-13-5-3-2-4-10(13)14(17)11-8-9(15)6-7-12(11)16/h2-8H,1H3. The average Bonchev–Trinajstić information content (AvgIpc) is 2.40. The topological polar surface area (TPSA) is 26.3 Å². The van der Waals surface area contributed by atoms with E-state index in [1.165, 1.54) is 0 Å². The van der Waals surface area contributed by atoms with E-state index < -0.39 is 0 Å². The van der Waals surface area contributed by atoms with E-state index in [2.05, 4.69) is 22.6 Å². The quantitative estimate of drug-likeness (QED) is 0.597. The van der Waals surface area contributed by atoms with Crippen LogP contribution in [0, 0.1) is 3.57 Å². The zero-order valence-corrected chi connectivity index (χ0v) is 12.5. The molecule has 4 heteroatoms. The molecule has 0 saturated heterocycles. The fraction of sp³-hybridized carbons (Fsp3) is 0.0714. The van der Waals surface area contributed by atoms with Gasteiger partial charge in [0.05, 0.1) is 12.7 Å². The maximum Gasteiger partial charge on any atom is 0.197 e. The van der Waals surface area contributed by atoms with Gasteiger partial charge in [0, 0.05) is 14.2 Å². The molecule has 0 heterocycles. The van der Waals surface area contributed by atoms with E-state index in [-0.39, 0.29) is 5.78 Å². The molecule has 0 amide bonds. The summed E-state index contributed by atoms with van der Waals surface area (Å²) >= 11 is 8.06. The highest BCUT2D eigenvalue weighted by Gasteiger charge is 2.16. The molecule has 0 aliphatic heterocycles. The summed E-state index contributed by atoms with van der Waals surface area (Å²) in [6.45, 7) is 0. The molecule has 0 unspecified atom stereocenters. The number of halogens is 2. The van der Waals surface area contributed by atoms with Gasteiger partial charge in [-0.05, 0) is 52.9 Å². The van der Waals surface area contributed by atoms with Gasteiger partial charge >= 0.3 is 0 Å². The monoisotopic (exact) mass is 372 g/mol. The predicted octanol–water partition coefficient (Wildman–Crippen LogP) is 4.18. The second-order valence-electron chi connectivity index (χ2n) is 3.65. The number of benzene rings is 2. The molecule has 0 atom stereocenters. The molecule has 0 bridgehead atoms. The van der Waals surface area contributed by atoms with Gasteiger partial charge in [-0.1, -0.05) is 23.7 Å². The van der Waals surface area contributed by atoms with Crippen LogP contribution in [-0.2, 0) is 0 Å². The van der Waals surface area contributed by atoms with Crippen LogP contribution in [-0.4, -0.2) is 12.9 Å². The fourth-order valence-corrected chi connectivity index (χ4v) is 2.40. The van der Waals surface area contributed by atoms with Crippen LogP contribution in [0.3, 0.4) is 0 Å². The predicted molar refractivity (Wildman–Crippen MR) is 80.6 cm³/mol. The molecule has 0 fully saturated rings. The lowest BCUT2D eigenvalue weighted by molar-refractivity contribution is 0.103. The van der Waals surface area contributed by atoms with Crippen molar-refractivity contribution in [2.24, 2.45) is 0 Å². The van der Waals surface area contributed by atoms with Crippen LogP contribution < -0.4 is 4.74 Å². The highest BCUT2D eigenvalue weighted by molar-refractivity contribution is 14.1. The molecule has 2 aromatic rings. The Morgan fingerprint density at radius 2 is 1.89 bits per heavy atom. The molecule has 2 rings (SSSR count). The number of carbonyl (C=O) groups is 1. The molecule has 0 saturated carbocycles. The van der Waals surface area contributed by atoms with Gasteiger partial charge in [-0.2, -0.15) is 0 Å². The Bertz CT molecular complexity index is 596. The summed E-state index contributed by atoms with van der Waals surface area (Å²) in [6, 6.07) is 12.4. The summed E-state index contributed by atoms with van der Waals surface area (Å²) in [4.78, 5) is 12.5. The van der Waals surface area contributed by atoms with Crippen LogP contribution in [0.4, 0.5) is 0 Å². The Hall–Kier alpha value is -1.07. The molecule has 0 aliphatic rings. The van der Waals surface area contributed by atoms with Crippen LogP contribution in [0.1, 0.15) is 15.9 Å². The van der Waals surface area contributed by atoms with Crippen LogP contribution in [0.5, 0.6) is 5.75 Å². The maximum absolute atomic E-state index is 12.5. The number of hydrogen-bond acceptors (Lipinski definition) is 2. The largest absolute Gasteiger partial charge is 0.496 e. The first-order chi connectivity index (χ1) is 8.63. The highest BCUT2D eigenvalue weighted by Crippen LogP contribution is 2.25. The van der Waals surface area contributed by atoms with E-state index in [1.54, 1.807) is 31.4 Å². The van der Waals surface area contributed by atoms with Crippen molar-refractivity contribution in [2.75, 3.05) is 7.11 Å². The maximum atomic E-state index is 12.5. The summed E-state index contributed by atoms with van der Waals surface area (Å²) in [7, 11) is 1.55. The first-order valence-electron chi connectivity index (χ1n) is 5.26. The molecule has 0 spiro atoms. The Morgan fingerprint density at radius 3 is 2.61 bits per heavy atom. The number of rotatable bonds is 3. The molecule has 2 aromatic carbocycles. The van der Waals surface area contributed by atoms with Gasteiger partial charge in [0.2, 0.25) is 0 Å². The van der Waals surface area contributed by atoms with Gasteiger partial charge in [0.15, 0.2) is 5.78 Å². The fourth-order valence-electron chi connectivity index (χ4n) is 1.65. The van der Waals surface area contributed by atoms with Gasteiger partial charge < -0.3 is 4.74 Å². The third-order valence-electron chi connectivity index (χ3n) is 2.52. The number of ether oxygens (including phenoxy) is 1. The van der Waals surface area contributed by atoms with Gasteiger partial charge in [-0.25, -0.2) is 0 Å². The lowest BCUT2D eigenvalue weighted by Crippen LogP contribution is -2.05. The normalized spacial score (nSPS) is 10.2. The summed E-state index contributed by atoms with van der Waals surface area (Å²) in [5, 5.41) is 0.550. The molecule has 0 N–H and O–H groups in total. The minimum absolute atomic E-state index is 0.0839. The van der Waals surface area contributed by atoms with Crippen molar-refractivity contribution in [1.29, 1.82) is 0 Å². The summed E-state index contributed by atoms with van der Waals surface area (Å²) in [5.41, 5.74) is 1.13. The van der Waals surface area contributed by atoms with E-state index in [9.17, 15) is 4.79 Å². The van der Waals surface area contributed by atoms with Crippen molar-refractivity contribution in [1.82, 2.24) is 0 Å². The molecule has 2 nitrogen and oxygen atoms in total. The van der Waals surface area contributed by atoms with E-state index in [1.807, 2.05) is 18.2 Å². The zero-order chi connectivity index (χ0) is 13.1. The van der Waals surface area contributed by atoms with Crippen molar-refractivity contribution in [3.8, 4) is 5.75 Å². The number of hydrogen-bond donors (Lipinski definition) is 0. The zero-order valence-electron chi connectivity index (χ0n) is 9.61. The second-order valence-corrected chi connectivity index (χ2v) is 5.25. The molecule has 0 aliphatic carbocycles. The second kappa shape index (κ2) is 5.71. The summed E-state index contributed by atoms with van der Waals surface area (Å²) in [6.07, 6.45) is 0. The van der Waals surface area contributed by atoms with Crippen LogP contribution >= 0.6 is 34.2 Å². The lowest BCUT2D eigenvalue weighted by atomic mass is 10.0. The van der Waals surface area contributed by atoms with Gasteiger partial charge in [0.25, 0.3) is 0 Å². The third kappa shape index (κ3) is 2.67. The summed E-state index contributed by atoms with van der Waals surface area (Å²) in [5.74, 6) is 0.484. The van der Waals surface area contributed by atoms with Gasteiger partial charge in [0.1, 0.15) is 5.75 Å². The first kappa shape index (κ1) is 13.4. The van der Waals surface area contributed by atoms with Crippen molar-refractivity contribution >= 4 is 40.0 Å². The molecule has 0 aromatic heterocycles. The molecular weight excluding hydrogens is 363 g/mol. The minimum Gasteiger partial charge on any atom is -0.496 e. The van der Waals surface area contributed by atoms with Crippen molar-refractivity contribution in [3.63, 3.8) is 0 Å². The van der Waals surface area contributed by atoms with Crippen molar-refractivity contribution < 1.29 is 9.53 Å². The molecule has 18 heavy (non-hydrogen) atoms. The molecule has 0 radical (unpaired) electrons.